The van der Waals surface area contributed by atoms with Crippen LogP contribution in [0.4, 0.5) is 0 Å². The minimum Gasteiger partial charge on any atom is -0.0622 e. The maximum absolute atomic E-state index is 2.29. The van der Waals surface area contributed by atoms with Crippen molar-refractivity contribution in [1.82, 2.24) is 0 Å². The van der Waals surface area contributed by atoms with Crippen molar-refractivity contribution in [2.24, 2.45) is 0 Å². The summed E-state index contributed by atoms with van der Waals surface area (Å²) in [5, 5.41) is 0. The molecule has 0 aliphatic carbocycles. The van der Waals surface area contributed by atoms with Gasteiger partial charge in [0, 0.05) is 0 Å². The molecule has 0 fully saturated rings. The van der Waals surface area contributed by atoms with Crippen molar-refractivity contribution in [3.8, 4) is 22.3 Å². The molecule has 3 rings (SSSR count). The lowest BCUT2D eigenvalue weighted by molar-refractivity contribution is 1.32. The lowest BCUT2D eigenvalue weighted by Gasteiger charge is -2.13. The molecule has 0 aliphatic rings. The third-order valence-electron chi connectivity index (χ3n) is 3.94. The molecule has 3 aromatic carbocycles. The summed E-state index contributed by atoms with van der Waals surface area (Å²) >= 11 is 0. The van der Waals surface area contributed by atoms with Crippen LogP contribution >= 0.6 is 0 Å². The van der Waals surface area contributed by atoms with Gasteiger partial charge in [-0.25, -0.2) is 0 Å². The Balaban J connectivity index is 2.13. The summed E-state index contributed by atoms with van der Waals surface area (Å²) in [6, 6.07) is 23.9. The normalized spacial score (nSPS) is 10.6. The smallest absolute Gasteiger partial charge is 0.0125 e. The van der Waals surface area contributed by atoms with Crippen molar-refractivity contribution >= 4 is 0 Å². The molecule has 0 spiro atoms. The first-order chi connectivity index (χ1) is 10.1. The predicted molar refractivity (Wildman–Crippen MR) is 91.5 cm³/mol. The third kappa shape index (κ3) is 2.75. The van der Waals surface area contributed by atoms with Crippen LogP contribution in [0.2, 0.25) is 0 Å². The Labute approximate surface area is 127 Å². The zero-order valence-corrected chi connectivity index (χ0v) is 12.9. The third-order valence-corrected chi connectivity index (χ3v) is 3.94. The molecule has 0 nitrogen and oxygen atoms in total. The molecule has 0 saturated heterocycles. The van der Waals surface area contributed by atoms with Crippen molar-refractivity contribution in [2.45, 2.75) is 20.8 Å². The largest absolute Gasteiger partial charge is 0.0622 e. The van der Waals surface area contributed by atoms with Gasteiger partial charge < -0.3 is 0 Å². The summed E-state index contributed by atoms with van der Waals surface area (Å²) < 4.78 is 0. The van der Waals surface area contributed by atoms with Crippen molar-refractivity contribution in [3.05, 3.63) is 83.4 Å². The van der Waals surface area contributed by atoms with Gasteiger partial charge in [0.2, 0.25) is 0 Å². The van der Waals surface area contributed by atoms with Crippen molar-refractivity contribution in [1.29, 1.82) is 0 Å². The Morgan fingerprint density at radius 1 is 0.524 bits per heavy atom. The van der Waals surface area contributed by atoms with E-state index in [-0.39, 0.29) is 0 Å². The van der Waals surface area contributed by atoms with Gasteiger partial charge in [-0.05, 0) is 60.2 Å². The molecule has 3 aromatic rings. The molecule has 0 N–H and O–H groups in total. The standard InChI is InChI=1S/C21H20/c1-15-12-16(2)21(17(3)13-15)20-11-7-10-19(14-20)18-8-5-4-6-9-18/h4-14H,1-3H3. The van der Waals surface area contributed by atoms with E-state index in [1.807, 2.05) is 0 Å². The highest BCUT2D eigenvalue weighted by molar-refractivity contribution is 5.76. The van der Waals surface area contributed by atoms with E-state index in [0.29, 0.717) is 0 Å². The van der Waals surface area contributed by atoms with Crippen LogP contribution in [0.15, 0.2) is 66.7 Å². The minimum absolute atomic E-state index is 1.27. The van der Waals surface area contributed by atoms with E-state index < -0.39 is 0 Å². The molecule has 0 amide bonds. The molecule has 0 bridgehead atoms. The van der Waals surface area contributed by atoms with Gasteiger partial charge >= 0.3 is 0 Å². The second-order valence-corrected chi connectivity index (χ2v) is 5.72. The van der Waals surface area contributed by atoms with Crippen LogP contribution in [0.1, 0.15) is 16.7 Å². The fraction of sp³-hybridized carbons (Fsp3) is 0.143. The van der Waals surface area contributed by atoms with Crippen LogP contribution in [0.25, 0.3) is 22.3 Å². The fourth-order valence-electron chi connectivity index (χ4n) is 3.12. The van der Waals surface area contributed by atoms with Crippen LogP contribution in [0.3, 0.4) is 0 Å². The first-order valence-electron chi connectivity index (χ1n) is 7.39. The Hall–Kier alpha value is -2.34. The SMILES string of the molecule is Cc1cc(C)c(-c2cccc(-c3ccccc3)c2)c(C)c1. The molecule has 21 heavy (non-hydrogen) atoms. The van der Waals surface area contributed by atoms with Crippen LogP contribution < -0.4 is 0 Å². The molecule has 104 valence electrons. The maximum atomic E-state index is 2.29. The highest BCUT2D eigenvalue weighted by Gasteiger charge is 2.07. The molecule has 0 aliphatic heterocycles. The molecule has 0 saturated carbocycles. The average molecular weight is 272 g/mol. The lowest BCUT2D eigenvalue weighted by Crippen LogP contribution is -1.90. The fourth-order valence-corrected chi connectivity index (χ4v) is 3.12. The minimum atomic E-state index is 1.27. The van der Waals surface area contributed by atoms with Gasteiger partial charge in [-0.15, -0.1) is 0 Å². The van der Waals surface area contributed by atoms with E-state index in [2.05, 4.69) is 87.5 Å². The van der Waals surface area contributed by atoms with Gasteiger partial charge in [-0.3, -0.25) is 0 Å². The number of benzene rings is 3. The van der Waals surface area contributed by atoms with E-state index in [4.69, 9.17) is 0 Å². The molecular weight excluding hydrogens is 252 g/mol. The summed E-state index contributed by atoms with van der Waals surface area (Å²) in [4.78, 5) is 0. The molecule has 0 heterocycles. The number of hydrogen-bond acceptors (Lipinski definition) is 0. The zero-order chi connectivity index (χ0) is 14.8. The van der Waals surface area contributed by atoms with E-state index in [0.717, 1.165) is 0 Å². The molecular formula is C21H20. The van der Waals surface area contributed by atoms with E-state index in [1.165, 1.54) is 38.9 Å². The second kappa shape index (κ2) is 5.57. The Kier molecular flexibility index (Phi) is 3.62. The lowest BCUT2D eigenvalue weighted by atomic mass is 9.92. The molecule has 0 atom stereocenters. The van der Waals surface area contributed by atoms with E-state index in [1.54, 1.807) is 0 Å². The van der Waals surface area contributed by atoms with Crippen molar-refractivity contribution in [2.75, 3.05) is 0 Å². The Morgan fingerprint density at radius 2 is 1.10 bits per heavy atom. The molecule has 0 aromatic heterocycles. The predicted octanol–water partition coefficient (Wildman–Crippen LogP) is 5.95. The van der Waals surface area contributed by atoms with Crippen LogP contribution in [-0.4, -0.2) is 0 Å². The summed E-state index contributed by atoms with van der Waals surface area (Å²) in [5.74, 6) is 0. The van der Waals surface area contributed by atoms with E-state index in [9.17, 15) is 0 Å². The first-order valence-corrected chi connectivity index (χ1v) is 7.39. The zero-order valence-electron chi connectivity index (χ0n) is 12.9. The van der Waals surface area contributed by atoms with Gasteiger partial charge in [0.05, 0.1) is 0 Å². The van der Waals surface area contributed by atoms with Gasteiger partial charge in [0.15, 0.2) is 0 Å². The first kappa shape index (κ1) is 13.6. The maximum Gasteiger partial charge on any atom is -0.0125 e. The van der Waals surface area contributed by atoms with Crippen LogP contribution in [0.5, 0.6) is 0 Å². The average Bonchev–Trinajstić information content (AvgIpc) is 2.47. The summed E-state index contributed by atoms with van der Waals surface area (Å²) in [7, 11) is 0. The number of hydrogen-bond donors (Lipinski definition) is 0. The van der Waals surface area contributed by atoms with Crippen molar-refractivity contribution < 1.29 is 0 Å². The highest BCUT2D eigenvalue weighted by atomic mass is 14.1. The molecule has 0 unspecified atom stereocenters. The van der Waals surface area contributed by atoms with E-state index >= 15 is 0 Å². The van der Waals surface area contributed by atoms with Crippen molar-refractivity contribution in [3.63, 3.8) is 0 Å². The van der Waals surface area contributed by atoms with Crippen LogP contribution in [0, 0.1) is 20.8 Å². The van der Waals surface area contributed by atoms with Gasteiger partial charge in [-0.1, -0.05) is 66.2 Å². The number of rotatable bonds is 2. The summed E-state index contributed by atoms with van der Waals surface area (Å²) in [6.45, 7) is 6.55. The summed E-state index contributed by atoms with van der Waals surface area (Å²) in [6.07, 6.45) is 0. The Morgan fingerprint density at radius 3 is 1.76 bits per heavy atom. The molecule has 0 radical (unpaired) electrons. The highest BCUT2D eigenvalue weighted by Crippen LogP contribution is 2.31. The Bertz CT molecular complexity index is 744. The summed E-state index contributed by atoms with van der Waals surface area (Å²) in [5.41, 5.74) is 9.21. The monoisotopic (exact) mass is 272 g/mol. The van der Waals surface area contributed by atoms with Gasteiger partial charge in [0.1, 0.15) is 0 Å². The van der Waals surface area contributed by atoms with Gasteiger partial charge in [0.25, 0.3) is 0 Å². The second-order valence-electron chi connectivity index (χ2n) is 5.72. The number of aryl methyl sites for hydroxylation is 3. The topological polar surface area (TPSA) is 0 Å². The van der Waals surface area contributed by atoms with Gasteiger partial charge in [-0.2, -0.15) is 0 Å². The molecule has 0 heteroatoms. The van der Waals surface area contributed by atoms with Crippen LogP contribution in [-0.2, 0) is 0 Å². The quantitative estimate of drug-likeness (QED) is 0.541.